The highest BCUT2D eigenvalue weighted by molar-refractivity contribution is 7.47. The summed E-state index contributed by atoms with van der Waals surface area (Å²) in [6.45, 7) is 3.58. The van der Waals surface area contributed by atoms with E-state index in [1.807, 2.05) is 0 Å². The Morgan fingerprint density at radius 2 is 0.927 bits per heavy atom. The molecular formula is C45H88NO8P. The van der Waals surface area contributed by atoms with E-state index in [1.54, 1.807) is 0 Å². The summed E-state index contributed by atoms with van der Waals surface area (Å²) in [6, 6.07) is 0. The largest absolute Gasteiger partial charge is 0.472 e. The number of hydrogen-bond acceptors (Lipinski definition) is 7. The molecule has 1 amide bonds. The number of rotatable bonds is 44. The van der Waals surface area contributed by atoms with E-state index >= 15 is 0 Å². The molecule has 0 aliphatic heterocycles. The minimum atomic E-state index is -4.41. The first-order valence-electron chi connectivity index (χ1n) is 23.2. The summed E-state index contributed by atoms with van der Waals surface area (Å²) in [7, 11) is -4.41. The quantitative estimate of drug-likeness (QED) is 0.0240. The molecule has 2 atom stereocenters. The average molecular weight is 802 g/mol. The summed E-state index contributed by atoms with van der Waals surface area (Å²) in [5.41, 5.74) is 0. The third kappa shape index (κ3) is 43.7. The number of esters is 1. The van der Waals surface area contributed by atoms with Gasteiger partial charge in [-0.05, 0) is 38.5 Å². The molecule has 9 nitrogen and oxygen atoms in total. The lowest BCUT2D eigenvalue weighted by Crippen LogP contribution is -2.27. The molecule has 2 unspecified atom stereocenters. The molecule has 3 N–H and O–H groups in total. The zero-order chi connectivity index (χ0) is 40.3. The Hall–Kier alpha value is -1.25. The van der Waals surface area contributed by atoms with Crippen LogP contribution in [0.4, 0.5) is 0 Å². The molecule has 0 aromatic rings. The molecular weight excluding hydrogens is 713 g/mol. The number of carbonyl (C=O) groups excluding carboxylic acids is 2. The van der Waals surface area contributed by atoms with Crippen LogP contribution >= 0.6 is 7.82 Å². The number of unbranched alkanes of at least 4 members (excludes halogenated alkanes) is 29. The van der Waals surface area contributed by atoms with Crippen molar-refractivity contribution in [3.05, 3.63) is 12.2 Å². The Labute approximate surface area is 338 Å². The summed E-state index contributed by atoms with van der Waals surface area (Å²) in [4.78, 5) is 33.9. The van der Waals surface area contributed by atoms with Crippen molar-refractivity contribution in [2.24, 2.45) is 0 Å². The number of nitrogens with one attached hydrogen (secondary N) is 1. The molecule has 0 saturated carbocycles. The van der Waals surface area contributed by atoms with Crippen molar-refractivity contribution in [3.63, 3.8) is 0 Å². The number of amides is 1. The van der Waals surface area contributed by atoms with Crippen LogP contribution in [-0.4, -0.2) is 54.3 Å². The number of aliphatic hydroxyl groups excluding tert-OH is 1. The second-order valence-electron chi connectivity index (χ2n) is 15.7. The van der Waals surface area contributed by atoms with Crippen molar-refractivity contribution in [1.82, 2.24) is 5.32 Å². The van der Waals surface area contributed by atoms with Gasteiger partial charge in [-0.2, -0.15) is 0 Å². The Balaban J connectivity index is 3.56. The van der Waals surface area contributed by atoms with Crippen molar-refractivity contribution < 1.29 is 37.9 Å². The van der Waals surface area contributed by atoms with Crippen LogP contribution in [0.1, 0.15) is 232 Å². The van der Waals surface area contributed by atoms with Crippen LogP contribution in [0.25, 0.3) is 0 Å². The molecule has 55 heavy (non-hydrogen) atoms. The fourth-order valence-electron chi connectivity index (χ4n) is 6.67. The molecule has 0 aliphatic carbocycles. The first-order chi connectivity index (χ1) is 26.8. The van der Waals surface area contributed by atoms with Crippen LogP contribution in [0.3, 0.4) is 0 Å². The van der Waals surface area contributed by atoms with E-state index in [4.69, 9.17) is 13.8 Å². The number of allylic oxidation sites excluding steroid dienone is 2. The molecule has 326 valence electrons. The molecule has 0 aliphatic rings. The topological polar surface area (TPSA) is 131 Å². The molecule has 0 fully saturated rings. The highest BCUT2D eigenvalue weighted by Gasteiger charge is 2.23. The predicted molar refractivity (Wildman–Crippen MR) is 229 cm³/mol. The minimum Gasteiger partial charge on any atom is -0.463 e. The lowest BCUT2D eigenvalue weighted by molar-refractivity contribution is -0.147. The number of ether oxygens (including phenoxy) is 1. The molecule has 0 aromatic heterocycles. The van der Waals surface area contributed by atoms with Gasteiger partial charge in [-0.1, -0.05) is 193 Å². The maximum absolute atomic E-state index is 12.1. The highest BCUT2D eigenvalue weighted by Crippen LogP contribution is 2.42. The van der Waals surface area contributed by atoms with Crippen molar-refractivity contribution in [3.8, 4) is 0 Å². The van der Waals surface area contributed by atoms with Gasteiger partial charge in [-0.15, -0.1) is 0 Å². The maximum Gasteiger partial charge on any atom is 0.472 e. The van der Waals surface area contributed by atoms with E-state index in [-0.39, 0.29) is 32.1 Å². The van der Waals surface area contributed by atoms with E-state index in [0.717, 1.165) is 57.8 Å². The van der Waals surface area contributed by atoms with Crippen LogP contribution in [0, 0.1) is 0 Å². The van der Waals surface area contributed by atoms with E-state index in [9.17, 15) is 24.2 Å². The van der Waals surface area contributed by atoms with Crippen molar-refractivity contribution in [2.45, 2.75) is 238 Å². The van der Waals surface area contributed by atoms with Gasteiger partial charge < -0.3 is 20.1 Å². The Bertz CT molecular complexity index is 917. The lowest BCUT2D eigenvalue weighted by atomic mass is 10.0. The van der Waals surface area contributed by atoms with Gasteiger partial charge in [0.1, 0.15) is 12.7 Å². The number of aliphatic hydroxyl groups is 1. The van der Waals surface area contributed by atoms with E-state index in [1.165, 1.54) is 148 Å². The molecule has 0 bridgehead atoms. The van der Waals surface area contributed by atoms with Gasteiger partial charge >= 0.3 is 13.8 Å². The second-order valence-corrected chi connectivity index (χ2v) is 17.2. The molecule has 0 saturated heterocycles. The van der Waals surface area contributed by atoms with Crippen LogP contribution < -0.4 is 5.32 Å². The molecule has 0 aromatic carbocycles. The van der Waals surface area contributed by atoms with Crippen molar-refractivity contribution in [2.75, 3.05) is 26.4 Å². The monoisotopic (exact) mass is 802 g/mol. The molecule has 10 heteroatoms. The highest BCUT2D eigenvalue weighted by atomic mass is 31.2. The minimum absolute atomic E-state index is 0.0857. The number of phosphoric ester groups is 1. The van der Waals surface area contributed by atoms with Gasteiger partial charge in [0, 0.05) is 19.4 Å². The maximum atomic E-state index is 12.1. The number of hydrogen-bond donors (Lipinski definition) is 3. The van der Waals surface area contributed by atoms with Gasteiger partial charge in [0.15, 0.2) is 0 Å². The first-order valence-corrected chi connectivity index (χ1v) is 24.7. The Kier molecular flexibility index (Phi) is 41.4. The van der Waals surface area contributed by atoms with Crippen LogP contribution in [0.5, 0.6) is 0 Å². The van der Waals surface area contributed by atoms with E-state index < -0.39 is 26.5 Å². The summed E-state index contributed by atoms with van der Waals surface area (Å²) in [5.74, 6) is -0.514. The zero-order valence-electron chi connectivity index (χ0n) is 35.9. The fourth-order valence-corrected chi connectivity index (χ4v) is 7.43. The summed E-state index contributed by atoms with van der Waals surface area (Å²) in [5, 5.41) is 12.7. The molecule has 0 spiro atoms. The average Bonchev–Trinajstić information content (AvgIpc) is 3.17. The number of phosphoric acid groups is 1. The van der Waals surface area contributed by atoms with Gasteiger partial charge in [0.05, 0.1) is 13.2 Å². The van der Waals surface area contributed by atoms with E-state index in [0.29, 0.717) is 6.42 Å². The van der Waals surface area contributed by atoms with Gasteiger partial charge in [-0.3, -0.25) is 18.6 Å². The van der Waals surface area contributed by atoms with Crippen LogP contribution in [-0.2, 0) is 27.9 Å². The fraction of sp³-hybridized carbons (Fsp3) is 0.911. The third-order valence-corrected chi connectivity index (χ3v) is 11.2. The standard InChI is InChI=1S/C45H88NO8P/c1-3-5-7-9-11-13-15-17-19-21-22-23-25-27-29-31-33-35-37-44(48)46-39-40-53-55(50,51)54-42-43(47)41-52-45(49)38-36-34-32-30-28-26-24-20-18-16-14-12-10-8-6-4-2/h20,24,43,47H,3-19,21-23,25-42H2,1-2H3,(H,46,48)(H,50,51)/b24-20-. The Morgan fingerprint density at radius 3 is 1.36 bits per heavy atom. The summed E-state index contributed by atoms with van der Waals surface area (Å²) >= 11 is 0. The number of carbonyl (C=O) groups is 2. The summed E-state index contributed by atoms with van der Waals surface area (Å²) < 4.78 is 26.9. The normalized spacial score (nSPS) is 13.3. The predicted octanol–water partition coefficient (Wildman–Crippen LogP) is 13.0. The first kappa shape index (κ1) is 53.8. The van der Waals surface area contributed by atoms with Gasteiger partial charge in [0.2, 0.25) is 5.91 Å². The smallest absolute Gasteiger partial charge is 0.463 e. The molecule has 0 rings (SSSR count). The lowest BCUT2D eigenvalue weighted by Gasteiger charge is -2.15. The Morgan fingerprint density at radius 1 is 0.545 bits per heavy atom. The van der Waals surface area contributed by atoms with Crippen molar-refractivity contribution in [1.29, 1.82) is 0 Å². The van der Waals surface area contributed by atoms with Crippen LogP contribution in [0.2, 0.25) is 0 Å². The molecule has 0 heterocycles. The van der Waals surface area contributed by atoms with Crippen LogP contribution in [0.15, 0.2) is 12.2 Å². The van der Waals surface area contributed by atoms with E-state index in [2.05, 4.69) is 31.3 Å². The van der Waals surface area contributed by atoms with Gasteiger partial charge in [0.25, 0.3) is 0 Å². The zero-order valence-corrected chi connectivity index (χ0v) is 36.8. The van der Waals surface area contributed by atoms with Gasteiger partial charge in [-0.25, -0.2) is 4.57 Å². The SMILES string of the molecule is CCCCCCCCC/C=C\CCCCCCCC(=O)OCC(O)COP(=O)(O)OCCNC(=O)CCCCCCCCCCCCCCCCCCCC. The van der Waals surface area contributed by atoms with Crippen molar-refractivity contribution >= 4 is 19.7 Å². The second kappa shape index (κ2) is 42.4. The molecule has 0 radical (unpaired) electrons. The summed E-state index contributed by atoms with van der Waals surface area (Å²) in [6.07, 6.45) is 44.3. The third-order valence-electron chi connectivity index (χ3n) is 10.2.